The Labute approximate surface area is 148 Å². The number of nitrogens with zero attached hydrogens (tertiary/aromatic N) is 3. The summed E-state index contributed by atoms with van der Waals surface area (Å²) in [5.41, 5.74) is -0.110. The van der Waals surface area contributed by atoms with Gasteiger partial charge in [-0.25, -0.2) is 18.3 Å². The van der Waals surface area contributed by atoms with Gasteiger partial charge in [0.2, 0.25) is 0 Å². The lowest BCUT2D eigenvalue weighted by Crippen LogP contribution is -2.31. The van der Waals surface area contributed by atoms with Gasteiger partial charge >= 0.3 is 5.69 Å². The third-order valence-electron chi connectivity index (χ3n) is 4.15. The second-order valence-electron chi connectivity index (χ2n) is 6.10. The van der Waals surface area contributed by atoms with Crippen molar-refractivity contribution in [3.05, 3.63) is 46.1 Å². The maximum Gasteiger partial charge on any atom is 0.345 e. The van der Waals surface area contributed by atoms with E-state index in [-0.39, 0.29) is 18.0 Å². The van der Waals surface area contributed by atoms with Gasteiger partial charge in [0.05, 0.1) is 0 Å². The number of aromatic nitrogens is 3. The summed E-state index contributed by atoms with van der Waals surface area (Å²) < 4.78 is 34.3. The van der Waals surface area contributed by atoms with Crippen molar-refractivity contribution in [3.8, 4) is 5.75 Å². The summed E-state index contributed by atoms with van der Waals surface area (Å²) in [5.74, 6) is -1.36. The topological polar surface area (TPSA) is 78.2 Å². The molecular weight excluding hydrogens is 346 g/mol. The molecule has 2 heterocycles. The molecule has 7 nitrogen and oxygen atoms in total. The van der Waals surface area contributed by atoms with Crippen molar-refractivity contribution in [2.75, 3.05) is 13.2 Å². The van der Waals surface area contributed by atoms with Crippen LogP contribution in [-0.4, -0.2) is 33.4 Å². The number of carbonyl (C=O) groups excluding carboxylic acids is 1. The average molecular weight is 366 g/mol. The Hall–Kier alpha value is -2.71. The van der Waals surface area contributed by atoms with E-state index in [1.165, 1.54) is 4.68 Å². The molecule has 140 valence electrons. The number of rotatable bonds is 7. The van der Waals surface area contributed by atoms with E-state index in [1.54, 1.807) is 4.57 Å². The normalized spacial score (nSPS) is 13.3. The standard InChI is InChI=1S/C17H20F2N4O3/c18-12-5-6-14(13(19)10-12)26-11-16(24)20-7-3-9-23-17(25)22-8-2-1-4-15(22)21-23/h5-6,10H,1-4,7-9,11H2,(H,20,24). The van der Waals surface area contributed by atoms with Crippen LogP contribution in [0, 0.1) is 11.6 Å². The molecule has 1 aliphatic heterocycles. The molecule has 9 heteroatoms. The molecule has 1 N–H and O–H groups in total. The molecule has 1 aromatic carbocycles. The summed E-state index contributed by atoms with van der Waals surface area (Å²) in [4.78, 5) is 23.9. The molecular formula is C17H20F2N4O3. The van der Waals surface area contributed by atoms with Gasteiger partial charge in [-0.1, -0.05) is 0 Å². The molecule has 0 unspecified atom stereocenters. The number of nitrogens with one attached hydrogen (secondary N) is 1. The molecule has 2 aromatic rings. The third-order valence-corrected chi connectivity index (χ3v) is 4.15. The van der Waals surface area contributed by atoms with Gasteiger partial charge in [-0.05, 0) is 31.4 Å². The second kappa shape index (κ2) is 8.11. The van der Waals surface area contributed by atoms with Gasteiger partial charge in [-0.15, -0.1) is 0 Å². The molecule has 0 saturated carbocycles. The lowest BCUT2D eigenvalue weighted by atomic mass is 10.2. The van der Waals surface area contributed by atoms with Crippen molar-refractivity contribution in [1.82, 2.24) is 19.7 Å². The van der Waals surface area contributed by atoms with Crippen LogP contribution < -0.4 is 15.7 Å². The Bertz CT molecular complexity index is 847. The summed E-state index contributed by atoms with van der Waals surface area (Å²) in [5, 5.41) is 6.94. The second-order valence-corrected chi connectivity index (χ2v) is 6.10. The Morgan fingerprint density at radius 1 is 1.31 bits per heavy atom. The number of aryl methyl sites for hydroxylation is 2. The summed E-state index contributed by atoms with van der Waals surface area (Å²) >= 11 is 0. The Balaban J connectivity index is 1.40. The molecule has 0 saturated heterocycles. The number of ether oxygens (including phenoxy) is 1. The predicted octanol–water partition coefficient (Wildman–Crippen LogP) is 1.24. The van der Waals surface area contributed by atoms with Crippen molar-refractivity contribution in [2.45, 2.75) is 38.8 Å². The van der Waals surface area contributed by atoms with Crippen LogP contribution >= 0.6 is 0 Å². The minimum absolute atomic E-state index is 0.110. The lowest BCUT2D eigenvalue weighted by molar-refractivity contribution is -0.123. The predicted molar refractivity (Wildman–Crippen MR) is 88.9 cm³/mol. The summed E-state index contributed by atoms with van der Waals surface area (Å²) in [6.07, 6.45) is 3.38. The minimum atomic E-state index is -0.860. The molecule has 0 aliphatic carbocycles. The molecule has 0 radical (unpaired) electrons. The van der Waals surface area contributed by atoms with E-state index in [1.807, 2.05) is 0 Å². The monoisotopic (exact) mass is 366 g/mol. The van der Waals surface area contributed by atoms with Crippen molar-refractivity contribution < 1.29 is 18.3 Å². The number of benzene rings is 1. The van der Waals surface area contributed by atoms with Crippen molar-refractivity contribution in [3.63, 3.8) is 0 Å². The molecule has 1 amide bonds. The largest absolute Gasteiger partial charge is 0.481 e. The Morgan fingerprint density at radius 2 is 2.15 bits per heavy atom. The maximum absolute atomic E-state index is 13.4. The molecule has 0 atom stereocenters. The zero-order chi connectivity index (χ0) is 18.5. The van der Waals surface area contributed by atoms with Crippen LogP contribution in [0.1, 0.15) is 25.1 Å². The van der Waals surface area contributed by atoms with E-state index in [0.29, 0.717) is 32.1 Å². The first-order valence-electron chi connectivity index (χ1n) is 8.55. The zero-order valence-corrected chi connectivity index (χ0v) is 14.2. The molecule has 1 aliphatic rings. The highest BCUT2D eigenvalue weighted by molar-refractivity contribution is 5.77. The van der Waals surface area contributed by atoms with Gasteiger partial charge in [-0.3, -0.25) is 9.36 Å². The highest BCUT2D eigenvalue weighted by atomic mass is 19.1. The quantitative estimate of drug-likeness (QED) is 0.748. The van der Waals surface area contributed by atoms with Gasteiger partial charge < -0.3 is 10.1 Å². The van der Waals surface area contributed by atoms with E-state index >= 15 is 0 Å². The SMILES string of the molecule is O=C(COc1ccc(F)cc1F)NCCCn1nc2n(c1=O)CCCC2. The molecule has 0 fully saturated rings. The Morgan fingerprint density at radius 3 is 2.92 bits per heavy atom. The number of carbonyl (C=O) groups is 1. The summed E-state index contributed by atoms with van der Waals surface area (Å²) in [7, 11) is 0. The van der Waals surface area contributed by atoms with Crippen LogP contribution in [-0.2, 0) is 24.3 Å². The van der Waals surface area contributed by atoms with Gasteiger partial charge in [0.15, 0.2) is 18.2 Å². The Kier molecular flexibility index (Phi) is 5.65. The number of halogens is 2. The van der Waals surface area contributed by atoms with Crippen LogP contribution in [0.4, 0.5) is 8.78 Å². The first-order valence-corrected chi connectivity index (χ1v) is 8.55. The molecule has 3 rings (SSSR count). The fourth-order valence-electron chi connectivity index (χ4n) is 2.84. The van der Waals surface area contributed by atoms with Gasteiger partial charge in [0, 0.05) is 32.1 Å². The smallest absolute Gasteiger partial charge is 0.345 e. The van der Waals surface area contributed by atoms with Crippen molar-refractivity contribution in [1.29, 1.82) is 0 Å². The van der Waals surface area contributed by atoms with Crippen LogP contribution in [0.3, 0.4) is 0 Å². The van der Waals surface area contributed by atoms with E-state index in [9.17, 15) is 18.4 Å². The van der Waals surface area contributed by atoms with Crippen molar-refractivity contribution in [2.24, 2.45) is 0 Å². The number of fused-ring (bicyclic) bond motifs is 1. The van der Waals surface area contributed by atoms with Crippen LogP contribution in [0.5, 0.6) is 5.75 Å². The van der Waals surface area contributed by atoms with E-state index in [2.05, 4.69) is 10.4 Å². The van der Waals surface area contributed by atoms with Crippen molar-refractivity contribution >= 4 is 5.91 Å². The van der Waals surface area contributed by atoms with Crippen LogP contribution in [0.15, 0.2) is 23.0 Å². The van der Waals surface area contributed by atoms with E-state index in [4.69, 9.17) is 4.74 Å². The lowest BCUT2D eigenvalue weighted by Gasteiger charge is -2.09. The molecule has 0 spiro atoms. The first kappa shape index (κ1) is 18.1. The summed E-state index contributed by atoms with van der Waals surface area (Å²) in [6.45, 7) is 1.08. The molecule has 0 bridgehead atoms. The fraction of sp³-hybridized carbons (Fsp3) is 0.471. The summed E-state index contributed by atoms with van der Waals surface area (Å²) in [6, 6.07) is 2.87. The minimum Gasteiger partial charge on any atom is -0.481 e. The highest BCUT2D eigenvalue weighted by Gasteiger charge is 2.16. The maximum atomic E-state index is 13.4. The van der Waals surface area contributed by atoms with E-state index in [0.717, 1.165) is 37.2 Å². The number of amides is 1. The van der Waals surface area contributed by atoms with E-state index < -0.39 is 17.5 Å². The zero-order valence-electron chi connectivity index (χ0n) is 14.2. The van der Waals surface area contributed by atoms with Gasteiger partial charge in [-0.2, -0.15) is 5.10 Å². The number of hydrogen-bond donors (Lipinski definition) is 1. The highest BCUT2D eigenvalue weighted by Crippen LogP contribution is 2.17. The first-order chi connectivity index (χ1) is 12.5. The molecule has 26 heavy (non-hydrogen) atoms. The molecule has 1 aromatic heterocycles. The van der Waals surface area contributed by atoms with Crippen LogP contribution in [0.25, 0.3) is 0 Å². The third kappa shape index (κ3) is 4.27. The van der Waals surface area contributed by atoms with Gasteiger partial charge in [0.25, 0.3) is 5.91 Å². The number of hydrogen-bond acceptors (Lipinski definition) is 4. The fourth-order valence-corrected chi connectivity index (χ4v) is 2.84. The van der Waals surface area contributed by atoms with Crippen LogP contribution in [0.2, 0.25) is 0 Å². The average Bonchev–Trinajstić information content (AvgIpc) is 2.94. The van der Waals surface area contributed by atoms with Gasteiger partial charge in [0.1, 0.15) is 11.6 Å².